The van der Waals surface area contributed by atoms with Crippen LogP contribution in [0.4, 0.5) is 13.2 Å². The van der Waals surface area contributed by atoms with E-state index in [1.807, 2.05) is 74.5 Å². The predicted molar refractivity (Wildman–Crippen MR) is 240 cm³/mol. The minimum Gasteiger partial charge on any atom is -0.489 e. The van der Waals surface area contributed by atoms with Gasteiger partial charge in [0.05, 0.1) is 37.8 Å². The van der Waals surface area contributed by atoms with Crippen molar-refractivity contribution in [2.45, 2.75) is 43.0 Å². The van der Waals surface area contributed by atoms with Crippen molar-refractivity contribution < 1.29 is 39.5 Å². The summed E-state index contributed by atoms with van der Waals surface area (Å²) in [5, 5.41) is 0.500. The number of aromatic nitrogens is 3. The Balaban J connectivity index is 1.25. The predicted octanol–water partition coefficient (Wildman–Crippen LogP) is 11.6. The number of aryl methyl sites for hydroxylation is 2. The Morgan fingerprint density at radius 1 is 0.516 bits per heavy atom. The summed E-state index contributed by atoms with van der Waals surface area (Å²) in [7, 11) is -8.60. The Kier molecular flexibility index (Phi) is 10.9. The van der Waals surface area contributed by atoms with E-state index in [-0.39, 0.29) is 67.3 Å². The first-order chi connectivity index (χ1) is 30.6. The molecular weight excluding hydrogens is 860 g/mol. The lowest BCUT2D eigenvalue weighted by Crippen LogP contribution is -2.12. The SMILES string of the molecule is Cc1ccc(S(=O)(=O)n2cc(-c3cc(C(F)(F)F)cc(-c4cn(S(=O)(=O)c5ccc(C)cc5)c5ccc(OCc6ccccc6)cc45)n3)c3cc(OCc4ccccc4)ccc32)cc1. The molecule has 3 heterocycles. The summed E-state index contributed by atoms with van der Waals surface area (Å²) in [6.45, 7) is 3.98. The molecule has 6 aromatic carbocycles. The third-order valence-corrected chi connectivity index (χ3v) is 14.2. The molecule has 9 rings (SSSR count). The average molecular weight is 898 g/mol. The zero-order valence-electron chi connectivity index (χ0n) is 34.3. The number of pyridine rings is 1. The van der Waals surface area contributed by atoms with Crippen molar-refractivity contribution in [3.8, 4) is 34.0 Å². The van der Waals surface area contributed by atoms with E-state index < -0.39 is 31.8 Å². The van der Waals surface area contributed by atoms with Crippen LogP contribution in [0, 0.1) is 13.8 Å². The number of hydrogen-bond acceptors (Lipinski definition) is 7. The van der Waals surface area contributed by atoms with E-state index in [0.29, 0.717) is 11.5 Å². The number of benzene rings is 6. The standard InChI is InChI=1S/C50H38F3N3O6S2/c1-33-13-19-40(20-14-33)63(57,58)55-29-44(42-27-38(17-23-48(42)55)61-31-35-9-5-3-6-10-35)46-25-37(50(51,52)53)26-47(54-46)45-30-56(64(59,60)41-21-15-34(2)16-22-41)49-24-18-39(28-43(45)49)62-32-36-11-7-4-8-12-36/h3-30H,31-32H2,1-2H3. The fourth-order valence-corrected chi connectivity index (χ4v) is 10.2. The molecule has 14 heteroatoms. The van der Waals surface area contributed by atoms with Crippen molar-refractivity contribution in [1.29, 1.82) is 0 Å². The molecule has 0 N–H and O–H groups in total. The van der Waals surface area contributed by atoms with E-state index in [0.717, 1.165) is 42.3 Å². The molecule has 9 nitrogen and oxygen atoms in total. The first-order valence-corrected chi connectivity index (χ1v) is 22.9. The van der Waals surface area contributed by atoms with Crippen LogP contribution in [-0.2, 0) is 39.4 Å². The van der Waals surface area contributed by atoms with Gasteiger partial charge in [0.2, 0.25) is 0 Å². The number of ether oxygens (including phenoxy) is 2. The molecule has 0 aliphatic heterocycles. The molecule has 0 saturated carbocycles. The third-order valence-electron chi connectivity index (χ3n) is 10.8. The molecule has 9 aromatic rings. The molecule has 322 valence electrons. The molecule has 0 fully saturated rings. The Morgan fingerprint density at radius 3 is 1.28 bits per heavy atom. The summed E-state index contributed by atoms with van der Waals surface area (Å²) in [6, 6.07) is 42.3. The summed E-state index contributed by atoms with van der Waals surface area (Å²) in [5.74, 6) is 0.672. The van der Waals surface area contributed by atoms with Crippen molar-refractivity contribution in [3.63, 3.8) is 0 Å². The third kappa shape index (κ3) is 8.25. The number of alkyl halides is 3. The van der Waals surface area contributed by atoms with Gasteiger partial charge in [-0.05, 0) is 97.8 Å². The Hall–Kier alpha value is -7.16. The van der Waals surface area contributed by atoms with Gasteiger partial charge in [0.15, 0.2) is 0 Å². The maximum Gasteiger partial charge on any atom is 0.416 e. The summed E-state index contributed by atoms with van der Waals surface area (Å²) in [5.41, 5.74) is 2.34. The molecule has 0 saturated heterocycles. The summed E-state index contributed by atoms with van der Waals surface area (Å²) >= 11 is 0. The van der Waals surface area contributed by atoms with Gasteiger partial charge >= 0.3 is 6.18 Å². The molecule has 0 aliphatic rings. The van der Waals surface area contributed by atoms with Crippen LogP contribution in [0.1, 0.15) is 27.8 Å². The molecule has 64 heavy (non-hydrogen) atoms. The van der Waals surface area contributed by atoms with Gasteiger partial charge in [-0.3, -0.25) is 0 Å². The number of halogens is 3. The highest BCUT2D eigenvalue weighted by Gasteiger charge is 2.34. The van der Waals surface area contributed by atoms with Gasteiger partial charge < -0.3 is 9.47 Å². The minimum atomic E-state index is -4.90. The van der Waals surface area contributed by atoms with Gasteiger partial charge in [-0.1, -0.05) is 96.1 Å². The summed E-state index contributed by atoms with van der Waals surface area (Å²) in [4.78, 5) is 4.73. The Bertz CT molecular complexity index is 3190. The maximum absolute atomic E-state index is 15.1. The van der Waals surface area contributed by atoms with Crippen molar-refractivity contribution in [2.24, 2.45) is 0 Å². The van der Waals surface area contributed by atoms with Crippen LogP contribution in [0.3, 0.4) is 0 Å². The highest BCUT2D eigenvalue weighted by atomic mass is 32.2. The lowest BCUT2D eigenvalue weighted by atomic mass is 10.0. The first-order valence-electron chi connectivity index (χ1n) is 20.0. The van der Waals surface area contributed by atoms with Gasteiger partial charge in [0.1, 0.15) is 24.7 Å². The zero-order chi connectivity index (χ0) is 44.8. The second-order valence-corrected chi connectivity index (χ2v) is 19.0. The van der Waals surface area contributed by atoms with Crippen LogP contribution in [0.15, 0.2) is 180 Å². The second-order valence-electron chi connectivity index (χ2n) is 15.3. The van der Waals surface area contributed by atoms with Crippen molar-refractivity contribution in [2.75, 3.05) is 0 Å². The average Bonchev–Trinajstić information content (AvgIpc) is 3.88. The number of rotatable bonds is 12. The molecule has 3 aromatic heterocycles. The van der Waals surface area contributed by atoms with Crippen LogP contribution < -0.4 is 9.47 Å². The number of fused-ring (bicyclic) bond motifs is 2. The topological polar surface area (TPSA) is 109 Å². The molecule has 0 radical (unpaired) electrons. The normalized spacial score (nSPS) is 12.2. The van der Waals surface area contributed by atoms with E-state index in [9.17, 15) is 16.8 Å². The van der Waals surface area contributed by atoms with Crippen LogP contribution >= 0.6 is 0 Å². The highest BCUT2D eigenvalue weighted by Crippen LogP contribution is 2.42. The van der Waals surface area contributed by atoms with Crippen LogP contribution in [0.2, 0.25) is 0 Å². The maximum atomic E-state index is 15.1. The molecule has 0 atom stereocenters. The van der Waals surface area contributed by atoms with Gasteiger partial charge in [-0.15, -0.1) is 0 Å². The first kappa shape index (κ1) is 42.2. The van der Waals surface area contributed by atoms with Crippen LogP contribution in [0.25, 0.3) is 44.3 Å². The van der Waals surface area contributed by atoms with Gasteiger partial charge in [0, 0.05) is 34.3 Å². The summed E-state index contributed by atoms with van der Waals surface area (Å²) in [6.07, 6.45) is -2.39. The van der Waals surface area contributed by atoms with E-state index in [2.05, 4.69) is 0 Å². The van der Waals surface area contributed by atoms with E-state index in [4.69, 9.17) is 14.5 Å². The van der Waals surface area contributed by atoms with Crippen molar-refractivity contribution in [1.82, 2.24) is 12.9 Å². The van der Waals surface area contributed by atoms with Gasteiger partial charge in [0.25, 0.3) is 20.0 Å². The zero-order valence-corrected chi connectivity index (χ0v) is 36.0. The number of hydrogen-bond donors (Lipinski definition) is 0. The minimum absolute atomic E-state index is 0.0310. The summed E-state index contributed by atoms with van der Waals surface area (Å²) < 4.78 is 117. The van der Waals surface area contributed by atoms with Crippen molar-refractivity contribution in [3.05, 3.63) is 198 Å². The van der Waals surface area contributed by atoms with Gasteiger partial charge in [-0.2, -0.15) is 13.2 Å². The molecule has 0 aliphatic carbocycles. The van der Waals surface area contributed by atoms with Crippen molar-refractivity contribution >= 4 is 41.9 Å². The Labute approximate surface area is 367 Å². The largest absolute Gasteiger partial charge is 0.489 e. The van der Waals surface area contributed by atoms with E-state index in [1.165, 1.54) is 36.7 Å². The smallest absolute Gasteiger partial charge is 0.416 e. The number of nitrogens with zero attached hydrogens (tertiary/aromatic N) is 3. The van der Waals surface area contributed by atoms with Gasteiger partial charge in [-0.25, -0.2) is 29.8 Å². The fourth-order valence-electron chi connectivity index (χ4n) is 7.44. The molecule has 0 amide bonds. The second kappa shape index (κ2) is 16.5. The van der Waals surface area contributed by atoms with E-state index >= 15 is 13.2 Å². The molecule has 0 unspecified atom stereocenters. The lowest BCUT2D eigenvalue weighted by molar-refractivity contribution is -0.137. The lowest BCUT2D eigenvalue weighted by Gasteiger charge is -2.12. The Morgan fingerprint density at radius 2 is 0.906 bits per heavy atom. The fraction of sp³-hybridized carbons (Fsp3) is 0.100. The monoisotopic (exact) mass is 897 g/mol. The molecule has 0 spiro atoms. The van der Waals surface area contributed by atoms with Crippen LogP contribution in [-0.4, -0.2) is 29.8 Å². The quantitative estimate of drug-likeness (QED) is 0.120. The molecule has 0 bridgehead atoms. The molecular formula is C50H38F3N3O6S2. The van der Waals surface area contributed by atoms with E-state index in [1.54, 1.807) is 60.7 Å². The van der Waals surface area contributed by atoms with Crippen LogP contribution in [0.5, 0.6) is 11.5 Å². The highest BCUT2D eigenvalue weighted by molar-refractivity contribution is 7.90.